The van der Waals surface area contributed by atoms with Crippen LogP contribution in [0.3, 0.4) is 0 Å². The molecular formula is C13H16O5. The van der Waals surface area contributed by atoms with Gasteiger partial charge in [0.25, 0.3) is 0 Å². The van der Waals surface area contributed by atoms with Gasteiger partial charge < -0.3 is 19.3 Å². The summed E-state index contributed by atoms with van der Waals surface area (Å²) in [7, 11) is 2.80. The van der Waals surface area contributed by atoms with Crippen molar-refractivity contribution in [3.63, 3.8) is 0 Å². The van der Waals surface area contributed by atoms with Crippen LogP contribution in [0.2, 0.25) is 0 Å². The molecule has 1 aromatic carbocycles. The van der Waals surface area contributed by atoms with Gasteiger partial charge in [-0.15, -0.1) is 0 Å². The van der Waals surface area contributed by atoms with Crippen LogP contribution in [0, 0.1) is 0 Å². The SMILES string of the molecule is CCOC(=O)C(OC)=C(OC)c1ccc(O)cc1. The summed E-state index contributed by atoms with van der Waals surface area (Å²) in [6, 6.07) is 6.22. The van der Waals surface area contributed by atoms with Crippen LogP contribution in [0.15, 0.2) is 30.0 Å². The fourth-order valence-electron chi connectivity index (χ4n) is 1.42. The number of hydrogen-bond donors (Lipinski definition) is 1. The van der Waals surface area contributed by atoms with Crippen LogP contribution in [0.25, 0.3) is 5.76 Å². The van der Waals surface area contributed by atoms with E-state index in [4.69, 9.17) is 14.2 Å². The molecule has 1 N–H and O–H groups in total. The van der Waals surface area contributed by atoms with E-state index in [1.54, 1.807) is 19.1 Å². The molecule has 98 valence electrons. The van der Waals surface area contributed by atoms with E-state index in [2.05, 4.69) is 0 Å². The van der Waals surface area contributed by atoms with E-state index in [0.29, 0.717) is 5.56 Å². The number of benzene rings is 1. The Morgan fingerprint density at radius 1 is 1.17 bits per heavy atom. The van der Waals surface area contributed by atoms with E-state index in [-0.39, 0.29) is 23.9 Å². The first-order valence-electron chi connectivity index (χ1n) is 5.42. The van der Waals surface area contributed by atoms with E-state index < -0.39 is 5.97 Å². The number of ether oxygens (including phenoxy) is 3. The number of carbonyl (C=O) groups is 1. The number of rotatable bonds is 5. The molecule has 0 atom stereocenters. The molecule has 1 aromatic rings. The minimum absolute atomic E-state index is 0.00922. The van der Waals surface area contributed by atoms with Crippen LogP contribution in [0.5, 0.6) is 5.75 Å². The third kappa shape index (κ3) is 3.16. The predicted octanol–water partition coefficient (Wildman–Crippen LogP) is 1.92. The third-order valence-corrected chi connectivity index (χ3v) is 2.20. The van der Waals surface area contributed by atoms with Crippen LogP contribution in [-0.2, 0) is 19.0 Å². The topological polar surface area (TPSA) is 65.0 Å². The van der Waals surface area contributed by atoms with Crippen LogP contribution < -0.4 is 0 Å². The number of carbonyl (C=O) groups excluding carboxylic acids is 1. The van der Waals surface area contributed by atoms with Gasteiger partial charge in [0.15, 0.2) is 5.76 Å². The molecule has 0 fully saturated rings. The first-order chi connectivity index (χ1) is 8.63. The Balaban J connectivity index is 3.18. The van der Waals surface area contributed by atoms with Crippen molar-refractivity contribution in [1.82, 2.24) is 0 Å². The Labute approximate surface area is 106 Å². The first kappa shape index (κ1) is 13.9. The van der Waals surface area contributed by atoms with Crippen LogP contribution in [0.1, 0.15) is 12.5 Å². The molecule has 0 saturated carbocycles. The van der Waals surface area contributed by atoms with Crippen molar-refractivity contribution in [2.45, 2.75) is 6.92 Å². The number of methoxy groups -OCH3 is 2. The molecule has 1 rings (SSSR count). The molecule has 0 aliphatic rings. The highest BCUT2D eigenvalue weighted by molar-refractivity contribution is 5.94. The van der Waals surface area contributed by atoms with Crippen molar-refractivity contribution in [2.24, 2.45) is 0 Å². The highest BCUT2D eigenvalue weighted by Gasteiger charge is 2.20. The van der Waals surface area contributed by atoms with Gasteiger partial charge in [-0.2, -0.15) is 0 Å². The highest BCUT2D eigenvalue weighted by atomic mass is 16.6. The summed E-state index contributed by atoms with van der Waals surface area (Å²) in [6.45, 7) is 1.95. The minimum atomic E-state index is -0.593. The van der Waals surface area contributed by atoms with Gasteiger partial charge in [0.05, 0.1) is 20.8 Å². The zero-order valence-electron chi connectivity index (χ0n) is 10.6. The summed E-state index contributed by atoms with van der Waals surface area (Å²) in [5, 5.41) is 9.22. The maximum Gasteiger partial charge on any atom is 0.377 e. The standard InChI is InChI=1S/C13H16O5/c1-4-18-13(15)12(17-3)11(16-2)9-5-7-10(14)8-6-9/h5-8,14H,4H2,1-3H3. The fraction of sp³-hybridized carbons (Fsp3) is 0.308. The Bertz CT molecular complexity index is 433. The summed E-state index contributed by atoms with van der Waals surface area (Å²) in [5.74, 6) is -0.213. The normalized spacial score (nSPS) is 11.5. The lowest BCUT2D eigenvalue weighted by Gasteiger charge is -2.12. The van der Waals surface area contributed by atoms with Crippen molar-refractivity contribution in [3.05, 3.63) is 35.6 Å². The largest absolute Gasteiger partial charge is 0.508 e. The van der Waals surface area contributed by atoms with Crippen molar-refractivity contribution in [1.29, 1.82) is 0 Å². The number of hydrogen-bond acceptors (Lipinski definition) is 5. The minimum Gasteiger partial charge on any atom is -0.508 e. The van der Waals surface area contributed by atoms with Gasteiger partial charge in [-0.3, -0.25) is 0 Å². The Morgan fingerprint density at radius 3 is 2.22 bits per heavy atom. The van der Waals surface area contributed by atoms with Gasteiger partial charge in [0, 0.05) is 5.56 Å². The number of phenols is 1. The van der Waals surface area contributed by atoms with E-state index in [1.807, 2.05) is 0 Å². The molecular weight excluding hydrogens is 236 g/mol. The average molecular weight is 252 g/mol. The summed E-state index contributed by atoms with van der Waals surface area (Å²) in [4.78, 5) is 11.7. The lowest BCUT2D eigenvalue weighted by molar-refractivity contribution is -0.142. The molecule has 0 amide bonds. The summed E-state index contributed by atoms with van der Waals surface area (Å²) < 4.78 is 15.1. The molecule has 0 bridgehead atoms. The summed E-state index contributed by atoms with van der Waals surface area (Å²) >= 11 is 0. The predicted molar refractivity (Wildman–Crippen MR) is 65.7 cm³/mol. The molecule has 0 unspecified atom stereocenters. The summed E-state index contributed by atoms with van der Waals surface area (Å²) in [5.41, 5.74) is 0.611. The van der Waals surface area contributed by atoms with Crippen molar-refractivity contribution >= 4 is 11.7 Å². The Kier molecular flexibility index (Phi) is 5.05. The Hall–Kier alpha value is -2.17. The third-order valence-electron chi connectivity index (χ3n) is 2.20. The molecule has 18 heavy (non-hydrogen) atoms. The molecule has 0 aliphatic carbocycles. The monoisotopic (exact) mass is 252 g/mol. The highest BCUT2D eigenvalue weighted by Crippen LogP contribution is 2.23. The zero-order valence-corrected chi connectivity index (χ0v) is 10.6. The van der Waals surface area contributed by atoms with Crippen molar-refractivity contribution < 1.29 is 24.1 Å². The molecule has 0 saturated heterocycles. The van der Waals surface area contributed by atoms with Crippen LogP contribution in [-0.4, -0.2) is 31.9 Å². The maximum atomic E-state index is 11.7. The molecule has 5 heteroatoms. The molecule has 0 heterocycles. The van der Waals surface area contributed by atoms with E-state index in [1.165, 1.54) is 26.4 Å². The van der Waals surface area contributed by atoms with Crippen LogP contribution in [0.4, 0.5) is 0 Å². The van der Waals surface area contributed by atoms with Gasteiger partial charge >= 0.3 is 5.97 Å². The molecule has 0 aliphatic heterocycles. The smallest absolute Gasteiger partial charge is 0.377 e. The average Bonchev–Trinajstić information content (AvgIpc) is 2.37. The quantitative estimate of drug-likeness (QED) is 0.492. The van der Waals surface area contributed by atoms with E-state index >= 15 is 0 Å². The van der Waals surface area contributed by atoms with Gasteiger partial charge in [0.1, 0.15) is 5.75 Å². The van der Waals surface area contributed by atoms with Gasteiger partial charge in [-0.25, -0.2) is 4.79 Å². The van der Waals surface area contributed by atoms with Gasteiger partial charge in [0.2, 0.25) is 5.76 Å². The number of phenolic OH excluding ortho intramolecular Hbond substituents is 1. The molecule has 5 nitrogen and oxygen atoms in total. The van der Waals surface area contributed by atoms with Crippen molar-refractivity contribution in [3.8, 4) is 5.75 Å². The second-order valence-corrected chi connectivity index (χ2v) is 3.33. The molecule has 0 aromatic heterocycles. The first-order valence-corrected chi connectivity index (χ1v) is 5.42. The number of esters is 1. The maximum absolute atomic E-state index is 11.7. The van der Waals surface area contributed by atoms with Gasteiger partial charge in [-0.05, 0) is 31.2 Å². The van der Waals surface area contributed by atoms with E-state index in [0.717, 1.165) is 0 Å². The van der Waals surface area contributed by atoms with Gasteiger partial charge in [-0.1, -0.05) is 0 Å². The fourth-order valence-corrected chi connectivity index (χ4v) is 1.42. The second-order valence-electron chi connectivity index (χ2n) is 3.33. The number of aromatic hydroxyl groups is 1. The molecule has 0 spiro atoms. The molecule has 0 radical (unpaired) electrons. The zero-order chi connectivity index (χ0) is 13.5. The lowest BCUT2D eigenvalue weighted by Crippen LogP contribution is -2.12. The van der Waals surface area contributed by atoms with Crippen molar-refractivity contribution in [2.75, 3.05) is 20.8 Å². The Morgan fingerprint density at radius 2 is 1.78 bits per heavy atom. The van der Waals surface area contributed by atoms with E-state index in [9.17, 15) is 9.90 Å². The lowest BCUT2D eigenvalue weighted by atomic mass is 10.1. The van der Waals surface area contributed by atoms with Crippen LogP contribution >= 0.6 is 0 Å². The summed E-state index contributed by atoms with van der Waals surface area (Å²) in [6.07, 6.45) is 0. The second kappa shape index (κ2) is 6.54.